The molecule has 2 N–H and O–H groups in total. The molecule has 1 fully saturated rings. The molecule has 0 spiro atoms. The lowest BCUT2D eigenvalue weighted by atomic mass is 10.1. The molecule has 2 aromatic rings. The number of nitrogens with zero attached hydrogens (tertiary/aromatic N) is 3. The molecule has 1 aliphatic heterocycles. The van der Waals surface area contributed by atoms with E-state index in [0.717, 1.165) is 8.87 Å². The van der Waals surface area contributed by atoms with Crippen molar-refractivity contribution in [2.24, 2.45) is 7.05 Å². The van der Waals surface area contributed by atoms with E-state index in [1.165, 1.54) is 19.2 Å². The summed E-state index contributed by atoms with van der Waals surface area (Å²) in [6.07, 6.45) is 1.41. The van der Waals surface area contributed by atoms with Gasteiger partial charge in [0.15, 0.2) is 5.69 Å². The van der Waals surface area contributed by atoms with Crippen LogP contribution in [0.4, 0.5) is 10.3 Å². The molecule has 11 heteroatoms. The van der Waals surface area contributed by atoms with Crippen LogP contribution in [0.25, 0.3) is 0 Å². The Bertz CT molecular complexity index is 1100. The summed E-state index contributed by atoms with van der Waals surface area (Å²) in [5, 5.41) is 12.6. The Morgan fingerprint density at radius 3 is 2.79 bits per heavy atom. The van der Waals surface area contributed by atoms with Gasteiger partial charge in [-0.15, -0.1) is 0 Å². The molecule has 0 radical (unpaired) electrons. The van der Waals surface area contributed by atoms with Crippen molar-refractivity contribution in [1.29, 1.82) is 0 Å². The van der Waals surface area contributed by atoms with Crippen LogP contribution in [0.3, 0.4) is 0 Å². The lowest BCUT2D eigenvalue weighted by molar-refractivity contribution is 0.0945. The van der Waals surface area contributed by atoms with Crippen molar-refractivity contribution in [2.75, 3.05) is 23.1 Å². The highest BCUT2D eigenvalue weighted by Gasteiger charge is 2.31. The van der Waals surface area contributed by atoms with Crippen LogP contribution in [0.1, 0.15) is 28.9 Å². The van der Waals surface area contributed by atoms with Crippen LogP contribution in [0.15, 0.2) is 29.1 Å². The number of benzene rings is 1. The van der Waals surface area contributed by atoms with Crippen LogP contribution in [-0.2, 0) is 23.5 Å². The van der Waals surface area contributed by atoms with Gasteiger partial charge in [0.1, 0.15) is 5.82 Å². The smallest absolute Gasteiger partial charge is 0.297 e. The van der Waals surface area contributed by atoms with Crippen molar-refractivity contribution in [2.45, 2.75) is 19.3 Å². The van der Waals surface area contributed by atoms with Crippen molar-refractivity contribution < 1.29 is 22.7 Å². The Morgan fingerprint density at radius 2 is 2.10 bits per heavy atom. The summed E-state index contributed by atoms with van der Waals surface area (Å²) >= 11 is 0. The third-order valence-corrected chi connectivity index (χ3v) is 6.44. The summed E-state index contributed by atoms with van der Waals surface area (Å²) in [5.41, 5.74) is -0.819. The summed E-state index contributed by atoms with van der Waals surface area (Å²) in [5.74, 6) is -2.39. The van der Waals surface area contributed by atoms with Crippen molar-refractivity contribution in [3.05, 3.63) is 51.7 Å². The Kier molecular flexibility index (Phi) is 5.87. The minimum atomic E-state index is -3.67. The summed E-state index contributed by atoms with van der Waals surface area (Å²) < 4.78 is 39.8. The molecule has 29 heavy (non-hydrogen) atoms. The number of aromatic nitrogens is 2. The molecule has 1 saturated heterocycles. The van der Waals surface area contributed by atoms with Crippen LogP contribution >= 0.6 is 0 Å². The van der Waals surface area contributed by atoms with E-state index in [-0.39, 0.29) is 24.8 Å². The molecule has 0 bridgehead atoms. The van der Waals surface area contributed by atoms with Crippen LogP contribution < -0.4 is 15.2 Å². The number of rotatable bonds is 5. The Hall–Kier alpha value is -2.95. The lowest BCUT2D eigenvalue weighted by Crippen LogP contribution is -2.42. The number of anilines is 1. The standard InChI is InChI=1S/C18H21FN4O5S/c1-22-17(26)15(24)14(21-18(22)23-9-2-3-10-29(23,27)28)16(25)20-8-7-12-5-4-6-13(19)11-12/h4-6,11,24H,2-3,7-10H2,1H3,(H,20,25). The predicted octanol–water partition coefficient (Wildman–Crippen LogP) is 0.528. The number of carbonyl (C=O) groups is 1. The first-order chi connectivity index (χ1) is 13.7. The minimum Gasteiger partial charge on any atom is -0.501 e. The zero-order valence-electron chi connectivity index (χ0n) is 15.8. The SMILES string of the molecule is Cn1c(N2CCCCS2(=O)=O)nc(C(=O)NCCc2cccc(F)c2)c(O)c1=O. The number of sulfonamides is 1. The highest BCUT2D eigenvalue weighted by Crippen LogP contribution is 2.22. The second-order valence-electron chi connectivity index (χ2n) is 6.70. The molecule has 0 atom stereocenters. The molecule has 1 aromatic heterocycles. The van der Waals surface area contributed by atoms with Gasteiger partial charge in [0, 0.05) is 20.1 Å². The van der Waals surface area contributed by atoms with Crippen LogP contribution in [0, 0.1) is 5.82 Å². The fourth-order valence-corrected chi connectivity index (χ4v) is 4.68. The molecule has 3 rings (SSSR count). The van der Waals surface area contributed by atoms with Crippen LogP contribution in [-0.4, -0.2) is 47.8 Å². The molecule has 0 aliphatic carbocycles. The van der Waals surface area contributed by atoms with Gasteiger partial charge in [0.2, 0.25) is 21.7 Å². The van der Waals surface area contributed by atoms with Crippen LogP contribution in [0.2, 0.25) is 0 Å². The van der Waals surface area contributed by atoms with Gasteiger partial charge in [-0.2, -0.15) is 0 Å². The minimum absolute atomic E-state index is 0.0844. The van der Waals surface area contributed by atoms with E-state index in [9.17, 15) is 27.5 Å². The molecular weight excluding hydrogens is 403 g/mol. The first-order valence-electron chi connectivity index (χ1n) is 9.04. The molecule has 9 nitrogen and oxygen atoms in total. The molecule has 1 amide bonds. The van der Waals surface area contributed by atoms with E-state index in [1.54, 1.807) is 12.1 Å². The molecule has 156 valence electrons. The number of amides is 1. The normalized spacial score (nSPS) is 15.9. The second kappa shape index (κ2) is 8.19. The molecule has 1 aromatic carbocycles. The van der Waals surface area contributed by atoms with Gasteiger partial charge in [0.05, 0.1) is 5.75 Å². The van der Waals surface area contributed by atoms with Crippen molar-refractivity contribution in [1.82, 2.24) is 14.9 Å². The summed E-state index contributed by atoms with van der Waals surface area (Å²) in [7, 11) is -2.39. The van der Waals surface area contributed by atoms with E-state index in [2.05, 4.69) is 10.3 Å². The Labute approximate surface area is 166 Å². The summed E-state index contributed by atoms with van der Waals surface area (Å²) in [6.45, 7) is 0.240. The van der Waals surface area contributed by atoms with Gasteiger partial charge >= 0.3 is 0 Å². The topological polar surface area (TPSA) is 122 Å². The Balaban J connectivity index is 1.84. The van der Waals surface area contributed by atoms with Crippen molar-refractivity contribution in [3.8, 4) is 5.75 Å². The first kappa shape index (κ1) is 20.8. The largest absolute Gasteiger partial charge is 0.501 e. The number of nitrogens with one attached hydrogen (secondary N) is 1. The maximum atomic E-state index is 13.2. The van der Waals surface area contributed by atoms with Gasteiger partial charge in [-0.05, 0) is 37.0 Å². The quantitative estimate of drug-likeness (QED) is 0.722. The number of carbonyl (C=O) groups excluding carboxylic acids is 1. The third kappa shape index (κ3) is 4.39. The van der Waals surface area contributed by atoms with E-state index in [4.69, 9.17) is 0 Å². The molecule has 1 aliphatic rings. The lowest BCUT2D eigenvalue weighted by Gasteiger charge is -2.28. The monoisotopic (exact) mass is 424 g/mol. The van der Waals surface area contributed by atoms with E-state index in [1.807, 2.05) is 0 Å². The summed E-state index contributed by atoms with van der Waals surface area (Å²) in [6, 6.07) is 5.88. The van der Waals surface area contributed by atoms with Gasteiger partial charge in [0.25, 0.3) is 11.5 Å². The van der Waals surface area contributed by atoms with Gasteiger partial charge in [-0.3, -0.25) is 14.2 Å². The zero-order valence-corrected chi connectivity index (χ0v) is 16.6. The van der Waals surface area contributed by atoms with Gasteiger partial charge in [-0.1, -0.05) is 12.1 Å². The number of hydrogen-bond donors (Lipinski definition) is 2. The zero-order chi connectivity index (χ0) is 21.2. The summed E-state index contributed by atoms with van der Waals surface area (Å²) in [4.78, 5) is 28.8. The molecular formula is C18H21FN4O5S. The van der Waals surface area contributed by atoms with Gasteiger partial charge in [-0.25, -0.2) is 22.1 Å². The average Bonchev–Trinajstić information content (AvgIpc) is 2.67. The van der Waals surface area contributed by atoms with E-state index < -0.39 is 38.8 Å². The maximum Gasteiger partial charge on any atom is 0.297 e. The number of halogens is 1. The fraction of sp³-hybridized carbons (Fsp3) is 0.389. The number of aromatic hydroxyl groups is 1. The second-order valence-corrected chi connectivity index (χ2v) is 8.72. The molecule has 2 heterocycles. The van der Waals surface area contributed by atoms with E-state index in [0.29, 0.717) is 24.8 Å². The highest BCUT2D eigenvalue weighted by atomic mass is 32.2. The highest BCUT2D eigenvalue weighted by molar-refractivity contribution is 7.92. The van der Waals surface area contributed by atoms with E-state index >= 15 is 0 Å². The van der Waals surface area contributed by atoms with Gasteiger partial charge < -0.3 is 10.4 Å². The number of hydrogen-bond acceptors (Lipinski definition) is 6. The Morgan fingerprint density at radius 1 is 1.34 bits per heavy atom. The maximum absolute atomic E-state index is 13.2. The van der Waals surface area contributed by atoms with Crippen LogP contribution in [0.5, 0.6) is 5.75 Å². The molecule has 0 saturated carbocycles. The molecule has 0 unspecified atom stereocenters. The van der Waals surface area contributed by atoms with Crippen molar-refractivity contribution in [3.63, 3.8) is 0 Å². The fourth-order valence-electron chi connectivity index (χ4n) is 3.07. The third-order valence-electron chi connectivity index (χ3n) is 4.62. The predicted molar refractivity (Wildman–Crippen MR) is 104 cm³/mol. The average molecular weight is 424 g/mol. The van der Waals surface area contributed by atoms with Crippen molar-refractivity contribution >= 4 is 21.9 Å². The first-order valence-corrected chi connectivity index (χ1v) is 10.6.